The van der Waals surface area contributed by atoms with Gasteiger partial charge in [-0.3, -0.25) is 4.98 Å². The quantitative estimate of drug-likeness (QED) is 0.750. The molecule has 0 fully saturated rings. The summed E-state index contributed by atoms with van der Waals surface area (Å²) in [7, 11) is -3.66. The fraction of sp³-hybridized carbons (Fsp3) is 0.429. The van der Waals surface area contributed by atoms with Crippen LogP contribution in [0.15, 0.2) is 29.4 Å². The topological polar surface area (TPSA) is 96.4 Å². The van der Waals surface area contributed by atoms with E-state index in [4.69, 9.17) is 5.11 Å². The third kappa shape index (κ3) is 5.65. The maximum Gasteiger partial charge on any atom is 0.328 e. The van der Waals surface area contributed by atoms with Crippen LogP contribution in [0.2, 0.25) is 0 Å². The number of carboxylic acid groups (broad SMARTS) is 1. The lowest BCUT2D eigenvalue weighted by atomic mass is 9.91. The summed E-state index contributed by atoms with van der Waals surface area (Å²) in [5.41, 5.74) is 0.274. The van der Waals surface area contributed by atoms with Crippen LogP contribution < -0.4 is 4.72 Å². The Labute approximate surface area is 125 Å². The summed E-state index contributed by atoms with van der Waals surface area (Å²) in [5, 5.41) is 8.57. The highest BCUT2D eigenvalue weighted by molar-refractivity contribution is 7.89. The van der Waals surface area contributed by atoms with Gasteiger partial charge in [-0.05, 0) is 29.5 Å². The number of carbonyl (C=O) groups is 1. The summed E-state index contributed by atoms with van der Waals surface area (Å²) < 4.78 is 26.9. The highest BCUT2D eigenvalue weighted by atomic mass is 32.2. The number of nitrogens with zero attached hydrogens (tertiary/aromatic N) is 1. The molecule has 0 radical (unpaired) electrons. The number of pyridine rings is 1. The minimum absolute atomic E-state index is 0.0157. The Kier molecular flexibility index (Phi) is 5.62. The largest absolute Gasteiger partial charge is 0.478 e. The molecule has 1 rings (SSSR count). The molecule has 0 saturated carbocycles. The van der Waals surface area contributed by atoms with Gasteiger partial charge < -0.3 is 5.11 Å². The predicted octanol–water partition coefficient (Wildman–Crippen LogP) is 1.89. The molecule has 0 unspecified atom stereocenters. The van der Waals surface area contributed by atoms with Crippen LogP contribution in [0.1, 0.15) is 32.8 Å². The highest BCUT2D eigenvalue weighted by Crippen LogP contribution is 2.19. The summed E-state index contributed by atoms with van der Waals surface area (Å²) in [5.74, 6) is -1.11. The molecular weight excluding hydrogens is 292 g/mol. The first-order valence-electron chi connectivity index (χ1n) is 6.52. The van der Waals surface area contributed by atoms with E-state index >= 15 is 0 Å². The summed E-state index contributed by atoms with van der Waals surface area (Å²) in [6.07, 6.45) is 5.70. The van der Waals surface area contributed by atoms with E-state index in [1.807, 2.05) is 20.8 Å². The van der Waals surface area contributed by atoms with Gasteiger partial charge in [0, 0.05) is 25.0 Å². The molecule has 0 spiro atoms. The van der Waals surface area contributed by atoms with Crippen LogP contribution in [0.4, 0.5) is 0 Å². The molecule has 21 heavy (non-hydrogen) atoms. The molecule has 1 aromatic heterocycles. The van der Waals surface area contributed by atoms with Crippen LogP contribution in [-0.2, 0) is 14.8 Å². The fourth-order valence-corrected chi connectivity index (χ4v) is 2.58. The van der Waals surface area contributed by atoms with Gasteiger partial charge in [0.1, 0.15) is 4.90 Å². The van der Waals surface area contributed by atoms with E-state index in [0.29, 0.717) is 12.1 Å². The van der Waals surface area contributed by atoms with Gasteiger partial charge in [-0.2, -0.15) is 0 Å². The van der Waals surface area contributed by atoms with E-state index in [1.54, 1.807) is 0 Å². The molecule has 0 aliphatic heterocycles. The molecule has 0 aliphatic rings. The first kappa shape index (κ1) is 17.3. The van der Waals surface area contributed by atoms with Crippen molar-refractivity contribution >= 4 is 22.1 Å². The summed E-state index contributed by atoms with van der Waals surface area (Å²) >= 11 is 0. The number of rotatable bonds is 7. The minimum Gasteiger partial charge on any atom is -0.478 e. The standard InChI is InChI=1S/C14H20N2O4S/c1-4-14(2,3)10-16-21(19,20)12-7-11(8-15-9-12)5-6-13(17)18/h5-9,16H,4,10H2,1-3H3,(H,17,18)/b6-5+. The van der Waals surface area contributed by atoms with Gasteiger partial charge in [0.2, 0.25) is 10.0 Å². The number of sulfonamides is 1. The Morgan fingerprint density at radius 3 is 2.67 bits per heavy atom. The number of hydrogen-bond donors (Lipinski definition) is 2. The van der Waals surface area contributed by atoms with Gasteiger partial charge in [0.15, 0.2) is 0 Å². The molecule has 7 heteroatoms. The second-order valence-electron chi connectivity index (χ2n) is 5.47. The smallest absolute Gasteiger partial charge is 0.328 e. The van der Waals surface area contributed by atoms with E-state index < -0.39 is 16.0 Å². The van der Waals surface area contributed by atoms with Gasteiger partial charge in [0.05, 0.1) is 0 Å². The van der Waals surface area contributed by atoms with Gasteiger partial charge in [-0.25, -0.2) is 17.9 Å². The molecule has 0 aliphatic carbocycles. The average Bonchev–Trinajstić information content (AvgIpc) is 2.44. The third-order valence-corrected chi connectivity index (χ3v) is 4.53. The van der Waals surface area contributed by atoms with E-state index in [9.17, 15) is 13.2 Å². The lowest BCUT2D eigenvalue weighted by Crippen LogP contribution is -2.33. The van der Waals surface area contributed by atoms with E-state index in [0.717, 1.165) is 12.5 Å². The summed E-state index contributed by atoms with van der Waals surface area (Å²) in [6.45, 7) is 6.26. The number of hydrogen-bond acceptors (Lipinski definition) is 4. The van der Waals surface area contributed by atoms with Crippen LogP contribution in [0.25, 0.3) is 6.08 Å². The van der Waals surface area contributed by atoms with Crippen molar-refractivity contribution in [1.82, 2.24) is 9.71 Å². The summed E-state index contributed by atoms with van der Waals surface area (Å²) in [4.78, 5) is 14.3. The second-order valence-corrected chi connectivity index (χ2v) is 7.23. The van der Waals surface area contributed by atoms with Crippen molar-refractivity contribution in [2.24, 2.45) is 5.41 Å². The first-order valence-corrected chi connectivity index (χ1v) is 8.00. The maximum absolute atomic E-state index is 12.2. The molecule has 0 amide bonds. The lowest BCUT2D eigenvalue weighted by Gasteiger charge is -2.22. The van der Waals surface area contributed by atoms with Crippen molar-refractivity contribution in [3.05, 3.63) is 30.1 Å². The van der Waals surface area contributed by atoms with Crippen molar-refractivity contribution < 1.29 is 18.3 Å². The van der Waals surface area contributed by atoms with Crippen LogP contribution in [0.3, 0.4) is 0 Å². The van der Waals surface area contributed by atoms with Crippen LogP contribution >= 0.6 is 0 Å². The molecular formula is C14H20N2O4S. The van der Waals surface area contributed by atoms with Crippen LogP contribution in [0, 0.1) is 5.41 Å². The zero-order valence-electron chi connectivity index (χ0n) is 12.3. The molecule has 2 N–H and O–H groups in total. The second kappa shape index (κ2) is 6.82. The molecule has 116 valence electrons. The van der Waals surface area contributed by atoms with Gasteiger partial charge in [-0.15, -0.1) is 0 Å². The Morgan fingerprint density at radius 1 is 1.43 bits per heavy atom. The van der Waals surface area contributed by atoms with E-state index in [2.05, 4.69) is 9.71 Å². The molecule has 0 atom stereocenters. The van der Waals surface area contributed by atoms with Gasteiger partial charge in [-0.1, -0.05) is 20.8 Å². The van der Waals surface area contributed by atoms with E-state index in [-0.39, 0.29) is 10.3 Å². The normalized spacial score (nSPS) is 12.7. The molecule has 0 bridgehead atoms. The van der Waals surface area contributed by atoms with Crippen molar-refractivity contribution in [1.29, 1.82) is 0 Å². The number of nitrogens with one attached hydrogen (secondary N) is 1. The predicted molar refractivity (Wildman–Crippen MR) is 80.2 cm³/mol. The van der Waals surface area contributed by atoms with Gasteiger partial charge in [0.25, 0.3) is 0 Å². The van der Waals surface area contributed by atoms with Crippen molar-refractivity contribution in [3.8, 4) is 0 Å². The number of aromatic nitrogens is 1. The molecule has 0 aromatic carbocycles. The minimum atomic E-state index is -3.66. The molecule has 6 nitrogen and oxygen atoms in total. The van der Waals surface area contributed by atoms with E-state index in [1.165, 1.54) is 24.5 Å². The molecule has 1 aromatic rings. The Hall–Kier alpha value is -1.73. The third-order valence-electron chi connectivity index (χ3n) is 3.16. The van der Waals surface area contributed by atoms with Crippen molar-refractivity contribution in [2.75, 3.05) is 6.54 Å². The zero-order chi connectivity index (χ0) is 16.1. The van der Waals surface area contributed by atoms with Crippen molar-refractivity contribution in [3.63, 3.8) is 0 Å². The average molecular weight is 312 g/mol. The summed E-state index contributed by atoms with van der Waals surface area (Å²) in [6, 6.07) is 1.38. The Morgan fingerprint density at radius 2 is 2.10 bits per heavy atom. The lowest BCUT2D eigenvalue weighted by molar-refractivity contribution is -0.131. The molecule has 0 saturated heterocycles. The monoisotopic (exact) mass is 312 g/mol. The Bertz CT molecular complexity index is 636. The zero-order valence-corrected chi connectivity index (χ0v) is 13.1. The highest BCUT2D eigenvalue weighted by Gasteiger charge is 2.21. The first-order chi connectivity index (χ1) is 9.66. The molecule has 1 heterocycles. The van der Waals surface area contributed by atoms with Crippen LogP contribution in [0.5, 0.6) is 0 Å². The number of carboxylic acids is 1. The maximum atomic E-state index is 12.2. The van der Waals surface area contributed by atoms with Crippen molar-refractivity contribution in [2.45, 2.75) is 32.1 Å². The SMILES string of the molecule is CCC(C)(C)CNS(=O)(=O)c1cncc(/C=C/C(=O)O)c1. The number of aliphatic carboxylic acids is 1. The fourth-order valence-electron chi connectivity index (χ4n) is 1.34. The van der Waals surface area contributed by atoms with Crippen LogP contribution in [-0.4, -0.2) is 31.0 Å². The Balaban J connectivity index is 2.94. The van der Waals surface area contributed by atoms with Gasteiger partial charge >= 0.3 is 5.97 Å².